The number of anilines is 1. The van der Waals surface area contributed by atoms with E-state index in [1.165, 1.54) is 4.88 Å². The van der Waals surface area contributed by atoms with Crippen LogP contribution in [0.25, 0.3) is 5.65 Å². The van der Waals surface area contributed by atoms with E-state index in [0.29, 0.717) is 5.69 Å². The Kier molecular flexibility index (Phi) is 2.11. The highest BCUT2D eigenvalue weighted by atomic mass is 32.1. The summed E-state index contributed by atoms with van der Waals surface area (Å²) >= 11 is 1.73. The summed E-state index contributed by atoms with van der Waals surface area (Å²) in [7, 11) is 0. The molecule has 0 saturated carbocycles. The molecule has 0 radical (unpaired) electrons. The van der Waals surface area contributed by atoms with Crippen LogP contribution in [0, 0.1) is 0 Å². The number of pyridine rings is 1. The number of fused-ring (bicyclic) bond motifs is 1. The monoisotopic (exact) mass is 230 g/mol. The lowest BCUT2D eigenvalue weighted by molar-refractivity contribution is 0.945. The van der Waals surface area contributed by atoms with E-state index in [2.05, 4.69) is 21.6 Å². The molecule has 80 valence electrons. The van der Waals surface area contributed by atoms with E-state index in [4.69, 9.17) is 5.73 Å². The van der Waals surface area contributed by atoms with Gasteiger partial charge in [-0.1, -0.05) is 6.07 Å². The smallest absolute Gasteiger partial charge is 0.162 e. The van der Waals surface area contributed by atoms with E-state index in [-0.39, 0.29) is 0 Å². The van der Waals surface area contributed by atoms with Gasteiger partial charge in [-0.25, -0.2) is 0 Å². The number of rotatable bonds is 2. The van der Waals surface area contributed by atoms with Crippen LogP contribution < -0.4 is 5.73 Å². The maximum Gasteiger partial charge on any atom is 0.162 e. The number of nitrogens with zero attached hydrogens (tertiary/aromatic N) is 3. The molecule has 0 spiro atoms. The minimum Gasteiger partial charge on any atom is -0.399 e. The van der Waals surface area contributed by atoms with Gasteiger partial charge in [0.2, 0.25) is 0 Å². The number of nitrogens with two attached hydrogens (primary N) is 1. The lowest BCUT2D eigenvalue weighted by Gasteiger charge is -1.98. The Bertz CT molecular complexity index is 612. The van der Waals surface area contributed by atoms with Crippen LogP contribution in [0.5, 0.6) is 0 Å². The molecule has 0 atom stereocenters. The van der Waals surface area contributed by atoms with Gasteiger partial charge in [0.1, 0.15) is 5.82 Å². The van der Waals surface area contributed by atoms with Crippen molar-refractivity contribution in [3.63, 3.8) is 0 Å². The topological polar surface area (TPSA) is 56.2 Å². The van der Waals surface area contributed by atoms with Gasteiger partial charge in [0, 0.05) is 29.2 Å². The van der Waals surface area contributed by atoms with E-state index in [0.717, 1.165) is 17.9 Å². The fourth-order valence-electron chi connectivity index (χ4n) is 1.65. The summed E-state index contributed by atoms with van der Waals surface area (Å²) < 4.78 is 1.97. The fourth-order valence-corrected chi connectivity index (χ4v) is 2.35. The van der Waals surface area contributed by atoms with Crippen LogP contribution in [0.3, 0.4) is 0 Å². The number of nitrogen functional groups attached to an aromatic ring is 1. The van der Waals surface area contributed by atoms with Crippen LogP contribution in [0.15, 0.2) is 35.8 Å². The first-order valence-corrected chi connectivity index (χ1v) is 5.82. The number of hydrogen-bond acceptors (Lipinski definition) is 4. The second-order valence-corrected chi connectivity index (χ2v) is 4.59. The number of hydrogen-bond donors (Lipinski definition) is 1. The predicted molar refractivity (Wildman–Crippen MR) is 64.5 cm³/mol. The maximum atomic E-state index is 5.69. The van der Waals surface area contributed by atoms with E-state index in [1.807, 2.05) is 28.8 Å². The first-order valence-electron chi connectivity index (χ1n) is 4.94. The molecular weight excluding hydrogens is 220 g/mol. The molecule has 3 rings (SSSR count). The number of thiophene rings is 1. The third kappa shape index (κ3) is 1.55. The predicted octanol–water partition coefficient (Wildman–Crippen LogP) is 1.96. The molecule has 0 saturated heterocycles. The minimum atomic E-state index is 0.711. The Hall–Kier alpha value is -1.88. The summed E-state index contributed by atoms with van der Waals surface area (Å²) in [6.45, 7) is 0. The van der Waals surface area contributed by atoms with Crippen LogP contribution in [-0.4, -0.2) is 14.6 Å². The largest absolute Gasteiger partial charge is 0.399 e. The van der Waals surface area contributed by atoms with Crippen molar-refractivity contribution < 1.29 is 0 Å². The van der Waals surface area contributed by atoms with Gasteiger partial charge in [-0.05, 0) is 17.5 Å². The van der Waals surface area contributed by atoms with Gasteiger partial charge in [-0.2, -0.15) is 0 Å². The first-order chi connectivity index (χ1) is 7.83. The van der Waals surface area contributed by atoms with Crippen molar-refractivity contribution >= 4 is 22.7 Å². The van der Waals surface area contributed by atoms with Crippen LogP contribution in [0.2, 0.25) is 0 Å². The quantitative estimate of drug-likeness (QED) is 0.732. The van der Waals surface area contributed by atoms with Crippen LogP contribution in [0.4, 0.5) is 5.69 Å². The Morgan fingerprint density at radius 3 is 3.06 bits per heavy atom. The molecule has 0 aliphatic heterocycles. The van der Waals surface area contributed by atoms with Crippen molar-refractivity contribution in [2.24, 2.45) is 0 Å². The minimum absolute atomic E-state index is 0.711. The average Bonchev–Trinajstić information content (AvgIpc) is 2.89. The molecule has 0 fully saturated rings. The van der Waals surface area contributed by atoms with Crippen molar-refractivity contribution in [2.45, 2.75) is 6.42 Å². The first kappa shape index (κ1) is 9.35. The molecule has 0 aliphatic rings. The molecule has 0 unspecified atom stereocenters. The molecule has 3 aromatic heterocycles. The molecular formula is C11H10N4S. The lowest BCUT2D eigenvalue weighted by Crippen LogP contribution is -1.95. The summed E-state index contributed by atoms with van der Waals surface area (Å²) in [6, 6.07) is 7.82. The van der Waals surface area contributed by atoms with Gasteiger partial charge >= 0.3 is 0 Å². The average molecular weight is 230 g/mol. The SMILES string of the molecule is Nc1ccn2c(Cc3cccs3)nnc2c1. The zero-order valence-corrected chi connectivity index (χ0v) is 9.31. The van der Waals surface area contributed by atoms with Crippen LogP contribution in [-0.2, 0) is 6.42 Å². The standard InChI is InChI=1S/C11H10N4S/c12-8-3-4-15-10(6-8)13-14-11(15)7-9-2-1-5-16-9/h1-6H,7,12H2. The second kappa shape index (κ2) is 3.61. The van der Waals surface area contributed by atoms with Gasteiger partial charge in [0.15, 0.2) is 5.65 Å². The molecule has 16 heavy (non-hydrogen) atoms. The van der Waals surface area contributed by atoms with Gasteiger partial charge in [-0.15, -0.1) is 21.5 Å². The highest BCUT2D eigenvalue weighted by molar-refractivity contribution is 7.09. The fraction of sp³-hybridized carbons (Fsp3) is 0.0909. The zero-order chi connectivity index (χ0) is 11.0. The Morgan fingerprint density at radius 2 is 2.25 bits per heavy atom. The molecule has 0 amide bonds. The Labute approximate surface area is 96.4 Å². The summed E-state index contributed by atoms with van der Waals surface area (Å²) in [5.41, 5.74) is 7.20. The summed E-state index contributed by atoms with van der Waals surface area (Å²) in [6.07, 6.45) is 2.72. The molecule has 3 heterocycles. The lowest BCUT2D eigenvalue weighted by atomic mass is 10.3. The third-order valence-corrected chi connectivity index (χ3v) is 3.29. The molecule has 0 aromatic carbocycles. The van der Waals surface area contributed by atoms with Gasteiger partial charge in [0.25, 0.3) is 0 Å². The van der Waals surface area contributed by atoms with Crippen molar-refractivity contribution in [3.8, 4) is 0 Å². The highest BCUT2D eigenvalue weighted by Crippen LogP contribution is 2.15. The third-order valence-electron chi connectivity index (χ3n) is 2.42. The van der Waals surface area contributed by atoms with Crippen molar-refractivity contribution in [1.29, 1.82) is 0 Å². The van der Waals surface area contributed by atoms with Gasteiger partial charge in [0.05, 0.1) is 0 Å². The summed E-state index contributed by atoms with van der Waals surface area (Å²) in [4.78, 5) is 1.28. The van der Waals surface area contributed by atoms with Crippen molar-refractivity contribution in [2.75, 3.05) is 5.73 Å². The number of aromatic nitrogens is 3. The molecule has 5 heteroatoms. The second-order valence-electron chi connectivity index (χ2n) is 3.56. The zero-order valence-electron chi connectivity index (χ0n) is 8.50. The van der Waals surface area contributed by atoms with E-state index in [9.17, 15) is 0 Å². The van der Waals surface area contributed by atoms with Gasteiger partial charge in [-0.3, -0.25) is 4.40 Å². The molecule has 3 aromatic rings. The van der Waals surface area contributed by atoms with Crippen LogP contribution >= 0.6 is 11.3 Å². The van der Waals surface area contributed by atoms with Crippen molar-refractivity contribution in [3.05, 3.63) is 46.5 Å². The van der Waals surface area contributed by atoms with Crippen LogP contribution in [0.1, 0.15) is 10.7 Å². The molecule has 2 N–H and O–H groups in total. The van der Waals surface area contributed by atoms with E-state index >= 15 is 0 Å². The maximum absolute atomic E-state index is 5.69. The molecule has 4 nitrogen and oxygen atoms in total. The van der Waals surface area contributed by atoms with Gasteiger partial charge < -0.3 is 5.73 Å². The Balaban J connectivity index is 2.04. The van der Waals surface area contributed by atoms with Crippen molar-refractivity contribution in [1.82, 2.24) is 14.6 Å². The normalized spacial score (nSPS) is 11.0. The van der Waals surface area contributed by atoms with E-state index < -0.39 is 0 Å². The highest BCUT2D eigenvalue weighted by Gasteiger charge is 2.06. The molecule has 0 bridgehead atoms. The Morgan fingerprint density at radius 1 is 1.31 bits per heavy atom. The summed E-state index contributed by atoms with van der Waals surface area (Å²) in [5.74, 6) is 0.942. The molecule has 0 aliphatic carbocycles. The summed E-state index contributed by atoms with van der Waals surface area (Å²) in [5, 5.41) is 10.3. The van der Waals surface area contributed by atoms with E-state index in [1.54, 1.807) is 11.3 Å².